The van der Waals surface area contributed by atoms with Crippen molar-refractivity contribution in [2.24, 2.45) is 5.73 Å². The Hall–Kier alpha value is -0.920. The molecule has 2 unspecified atom stereocenters. The van der Waals surface area contributed by atoms with Crippen molar-refractivity contribution in [2.75, 3.05) is 0 Å². The number of hydrogen-bond donors (Lipinski definition) is 1. The molecule has 1 aliphatic rings. The summed E-state index contributed by atoms with van der Waals surface area (Å²) in [6.07, 6.45) is 3.25. The molecule has 0 aliphatic heterocycles. The average Bonchev–Trinajstić information content (AvgIpc) is 3.24. The third kappa shape index (κ3) is 3.46. The molecular weight excluding hydrogens is 350 g/mol. The van der Waals surface area contributed by atoms with Crippen LogP contribution in [0, 0.1) is 0 Å². The highest BCUT2D eigenvalue weighted by atomic mass is 79.9. The van der Waals surface area contributed by atoms with Gasteiger partial charge in [-0.25, -0.2) is 4.68 Å². The predicted octanol–water partition coefficient (Wildman–Crippen LogP) is 3.34. The number of halogens is 1. The second-order valence-corrected chi connectivity index (χ2v) is 7.32. The Labute approximate surface area is 136 Å². The van der Waals surface area contributed by atoms with Gasteiger partial charge in [-0.1, -0.05) is 46.7 Å². The van der Waals surface area contributed by atoms with Crippen molar-refractivity contribution in [2.45, 2.75) is 48.7 Å². The van der Waals surface area contributed by atoms with E-state index >= 15 is 0 Å². The largest absolute Gasteiger partial charge is 0.326 e. The second kappa shape index (κ2) is 6.46. The van der Waals surface area contributed by atoms with Crippen LogP contribution >= 0.6 is 27.7 Å². The van der Waals surface area contributed by atoms with E-state index in [2.05, 4.69) is 62.6 Å². The third-order valence-electron chi connectivity index (χ3n) is 3.65. The average molecular weight is 368 g/mol. The molecule has 1 saturated carbocycles. The molecule has 1 aliphatic carbocycles. The molecule has 0 radical (unpaired) electrons. The zero-order valence-corrected chi connectivity index (χ0v) is 14.2. The van der Waals surface area contributed by atoms with E-state index in [1.807, 2.05) is 4.68 Å². The Morgan fingerprint density at radius 3 is 2.71 bits per heavy atom. The summed E-state index contributed by atoms with van der Waals surface area (Å²) in [7, 11) is 0. The van der Waals surface area contributed by atoms with Gasteiger partial charge in [-0.3, -0.25) is 0 Å². The summed E-state index contributed by atoms with van der Waals surface area (Å²) < 4.78 is 3.02. The van der Waals surface area contributed by atoms with Crippen LogP contribution in [0.2, 0.25) is 0 Å². The van der Waals surface area contributed by atoms with Crippen molar-refractivity contribution < 1.29 is 0 Å². The molecule has 2 atom stereocenters. The maximum Gasteiger partial charge on any atom is 0.210 e. The Balaban J connectivity index is 1.85. The molecule has 2 aromatic rings. The lowest BCUT2D eigenvalue weighted by molar-refractivity contribution is 0.561. The third-order valence-corrected chi connectivity index (χ3v) is 5.53. The summed E-state index contributed by atoms with van der Waals surface area (Å²) in [4.78, 5) is 0. The minimum absolute atomic E-state index is 0.0699. The number of hydrogen-bond acceptors (Lipinski definition) is 5. The lowest BCUT2D eigenvalue weighted by atomic mass is 10.0. The molecule has 7 heteroatoms. The minimum Gasteiger partial charge on any atom is -0.326 e. The van der Waals surface area contributed by atoms with Gasteiger partial charge in [0.2, 0.25) is 5.16 Å². The lowest BCUT2D eigenvalue weighted by Gasteiger charge is -2.22. The molecule has 21 heavy (non-hydrogen) atoms. The Morgan fingerprint density at radius 2 is 2.10 bits per heavy atom. The summed E-state index contributed by atoms with van der Waals surface area (Å²) in [5.74, 6) is 0. The molecule has 0 amide bonds. The van der Waals surface area contributed by atoms with Crippen molar-refractivity contribution in [3.05, 3.63) is 34.3 Å². The number of nitrogens with zero attached hydrogens (tertiary/aromatic N) is 4. The molecular formula is C14H18BrN5S. The van der Waals surface area contributed by atoms with Crippen molar-refractivity contribution in [1.82, 2.24) is 20.2 Å². The zero-order chi connectivity index (χ0) is 14.8. The van der Waals surface area contributed by atoms with Gasteiger partial charge in [-0.2, -0.15) is 0 Å². The summed E-state index contributed by atoms with van der Waals surface area (Å²) in [5, 5.41) is 13.1. The minimum atomic E-state index is 0.0699. The van der Waals surface area contributed by atoms with Crippen LogP contribution in [-0.4, -0.2) is 26.2 Å². The van der Waals surface area contributed by atoms with E-state index in [9.17, 15) is 0 Å². The molecule has 112 valence electrons. The maximum absolute atomic E-state index is 6.34. The molecule has 0 spiro atoms. The first-order valence-electron chi connectivity index (χ1n) is 7.14. The van der Waals surface area contributed by atoms with Crippen LogP contribution in [0.15, 0.2) is 33.9 Å². The van der Waals surface area contributed by atoms with Gasteiger partial charge in [0.05, 0.1) is 11.3 Å². The quantitative estimate of drug-likeness (QED) is 0.792. The van der Waals surface area contributed by atoms with Gasteiger partial charge in [0.15, 0.2) is 0 Å². The number of rotatable bonds is 6. The Morgan fingerprint density at radius 1 is 1.38 bits per heavy atom. The SMILES string of the molecule is CCC(N)C(Sc1nnnn1C1CC1)c1ccc(Br)cc1. The van der Waals surface area contributed by atoms with Gasteiger partial charge in [-0.05, 0) is 47.4 Å². The lowest BCUT2D eigenvalue weighted by Crippen LogP contribution is -2.26. The molecule has 5 nitrogen and oxygen atoms in total. The van der Waals surface area contributed by atoms with Gasteiger partial charge in [0.1, 0.15) is 0 Å². The fourth-order valence-electron chi connectivity index (χ4n) is 2.19. The molecule has 0 bridgehead atoms. The van der Waals surface area contributed by atoms with Crippen molar-refractivity contribution in [3.8, 4) is 0 Å². The molecule has 3 rings (SSSR count). The van der Waals surface area contributed by atoms with E-state index in [0.717, 1.165) is 16.0 Å². The Kier molecular flexibility index (Phi) is 4.61. The number of nitrogens with two attached hydrogens (primary N) is 1. The van der Waals surface area contributed by atoms with E-state index in [-0.39, 0.29) is 11.3 Å². The van der Waals surface area contributed by atoms with Crippen LogP contribution in [0.3, 0.4) is 0 Å². The fourth-order valence-corrected chi connectivity index (χ4v) is 3.72. The van der Waals surface area contributed by atoms with E-state index in [0.29, 0.717) is 6.04 Å². The van der Waals surface area contributed by atoms with Gasteiger partial charge < -0.3 is 5.73 Å². The first-order chi connectivity index (χ1) is 10.2. The number of thioether (sulfide) groups is 1. The van der Waals surface area contributed by atoms with Crippen LogP contribution < -0.4 is 5.73 Å². The molecule has 1 heterocycles. The van der Waals surface area contributed by atoms with Gasteiger partial charge in [-0.15, -0.1) is 5.10 Å². The van der Waals surface area contributed by atoms with Crippen LogP contribution in [0.25, 0.3) is 0 Å². The van der Waals surface area contributed by atoms with Gasteiger partial charge >= 0.3 is 0 Å². The van der Waals surface area contributed by atoms with Crippen molar-refractivity contribution in [1.29, 1.82) is 0 Å². The highest BCUT2D eigenvalue weighted by molar-refractivity contribution is 9.10. The van der Waals surface area contributed by atoms with E-state index in [4.69, 9.17) is 5.73 Å². The number of tetrazole rings is 1. The number of benzene rings is 1. The van der Waals surface area contributed by atoms with Crippen LogP contribution in [0.1, 0.15) is 43.0 Å². The number of aromatic nitrogens is 4. The smallest absolute Gasteiger partial charge is 0.210 e. The zero-order valence-electron chi connectivity index (χ0n) is 11.8. The maximum atomic E-state index is 6.34. The van der Waals surface area contributed by atoms with E-state index < -0.39 is 0 Å². The summed E-state index contributed by atoms with van der Waals surface area (Å²) in [6, 6.07) is 8.88. The van der Waals surface area contributed by atoms with Crippen molar-refractivity contribution in [3.63, 3.8) is 0 Å². The normalized spacial score (nSPS) is 17.7. The van der Waals surface area contributed by atoms with Gasteiger partial charge in [0.25, 0.3) is 0 Å². The highest BCUT2D eigenvalue weighted by Gasteiger charge is 2.30. The summed E-state index contributed by atoms with van der Waals surface area (Å²) >= 11 is 5.14. The van der Waals surface area contributed by atoms with Crippen molar-refractivity contribution >= 4 is 27.7 Å². The molecule has 0 saturated heterocycles. The first-order valence-corrected chi connectivity index (χ1v) is 8.82. The summed E-state index contributed by atoms with van der Waals surface area (Å²) in [6.45, 7) is 2.11. The first kappa shape index (κ1) is 15.0. The standard InChI is InChI=1S/C14H18BrN5S/c1-2-12(16)13(9-3-5-10(15)6-4-9)21-14-17-18-19-20(14)11-7-8-11/h3-6,11-13H,2,7-8,16H2,1H3. The Bertz CT molecular complexity index is 596. The van der Waals surface area contributed by atoms with Crippen LogP contribution in [0.4, 0.5) is 0 Å². The predicted molar refractivity (Wildman–Crippen MR) is 87.1 cm³/mol. The molecule has 1 aromatic heterocycles. The van der Waals surface area contributed by atoms with E-state index in [1.165, 1.54) is 18.4 Å². The summed E-state index contributed by atoms with van der Waals surface area (Å²) in [5.41, 5.74) is 7.55. The van der Waals surface area contributed by atoms with E-state index in [1.54, 1.807) is 11.8 Å². The fraction of sp³-hybridized carbons (Fsp3) is 0.500. The second-order valence-electron chi connectivity index (χ2n) is 5.30. The molecule has 2 N–H and O–H groups in total. The molecule has 1 aromatic carbocycles. The topological polar surface area (TPSA) is 69.6 Å². The van der Waals surface area contributed by atoms with Crippen LogP contribution in [0.5, 0.6) is 0 Å². The van der Waals surface area contributed by atoms with Gasteiger partial charge in [0, 0.05) is 10.5 Å². The molecule has 1 fully saturated rings. The van der Waals surface area contributed by atoms with Crippen LogP contribution in [-0.2, 0) is 0 Å². The highest BCUT2D eigenvalue weighted by Crippen LogP contribution is 2.41. The monoisotopic (exact) mass is 367 g/mol.